The van der Waals surface area contributed by atoms with E-state index in [0.717, 1.165) is 53.6 Å². The van der Waals surface area contributed by atoms with E-state index in [2.05, 4.69) is 30.3 Å². The van der Waals surface area contributed by atoms with Crippen molar-refractivity contribution in [1.29, 1.82) is 0 Å². The molecule has 5 rings (SSSR count). The van der Waals surface area contributed by atoms with Crippen molar-refractivity contribution in [2.24, 2.45) is 0 Å². The molecule has 172 valence electrons. The Kier molecular flexibility index (Phi) is 6.04. The van der Waals surface area contributed by atoms with Crippen LogP contribution in [-0.4, -0.2) is 68.4 Å². The van der Waals surface area contributed by atoms with E-state index in [1.807, 2.05) is 37.4 Å². The molecule has 4 heterocycles. The Balaban J connectivity index is 1.37. The topological polar surface area (TPSA) is 80.5 Å². The van der Waals surface area contributed by atoms with Crippen LogP contribution in [0.4, 0.5) is 10.3 Å². The van der Waals surface area contributed by atoms with E-state index in [-0.39, 0.29) is 6.04 Å². The van der Waals surface area contributed by atoms with Crippen LogP contribution in [0, 0.1) is 0 Å². The molecule has 1 saturated heterocycles. The second-order valence-corrected chi connectivity index (χ2v) is 8.45. The molecule has 1 aromatic carbocycles. The predicted octanol–water partition coefficient (Wildman–Crippen LogP) is 3.97. The molecule has 0 spiro atoms. The lowest BCUT2D eigenvalue weighted by Gasteiger charge is -2.32. The van der Waals surface area contributed by atoms with E-state index >= 15 is 0 Å². The largest absolute Gasteiger partial charge is 0.479 e. The number of fused-ring (bicyclic) bond motifs is 2. The number of nitrogens with one attached hydrogen (secondary N) is 1. The molecule has 3 aromatic heterocycles. The summed E-state index contributed by atoms with van der Waals surface area (Å²) in [5.74, 6) is 1.04. The zero-order valence-corrected chi connectivity index (χ0v) is 18.9. The molecule has 1 atom stereocenters. The summed E-state index contributed by atoms with van der Waals surface area (Å²) in [6.45, 7) is 4.15. The van der Waals surface area contributed by atoms with Gasteiger partial charge in [0.05, 0.1) is 18.1 Å². The van der Waals surface area contributed by atoms with E-state index in [1.54, 1.807) is 24.0 Å². The summed E-state index contributed by atoms with van der Waals surface area (Å²) in [5, 5.41) is 8.13. The minimum atomic E-state index is -0.748. The Morgan fingerprint density at radius 3 is 2.70 bits per heavy atom. The lowest BCUT2D eigenvalue weighted by molar-refractivity contribution is 0.158. The zero-order chi connectivity index (χ0) is 22.8. The SMILES string of the molecule is CCC(F)CN1CCC(Nc2nc(OC)c3c(-c4ccc5nccnc5c4)ccn3n2)CC1. The second-order valence-electron chi connectivity index (χ2n) is 8.45. The summed E-state index contributed by atoms with van der Waals surface area (Å²) < 4.78 is 21.1. The summed E-state index contributed by atoms with van der Waals surface area (Å²) in [6.07, 6.45) is 6.96. The molecular weight excluding hydrogens is 421 g/mol. The van der Waals surface area contributed by atoms with Crippen molar-refractivity contribution in [3.8, 4) is 17.0 Å². The molecule has 0 saturated carbocycles. The number of halogens is 1. The van der Waals surface area contributed by atoms with Gasteiger partial charge in [-0.15, -0.1) is 5.10 Å². The van der Waals surface area contributed by atoms with Crippen molar-refractivity contribution in [2.45, 2.75) is 38.4 Å². The number of ether oxygens (including phenoxy) is 1. The fourth-order valence-corrected chi connectivity index (χ4v) is 4.41. The number of anilines is 1. The highest BCUT2D eigenvalue weighted by Gasteiger charge is 2.23. The quantitative estimate of drug-likeness (QED) is 0.457. The lowest BCUT2D eigenvalue weighted by atomic mass is 10.0. The van der Waals surface area contributed by atoms with Crippen molar-refractivity contribution in [2.75, 3.05) is 32.1 Å². The van der Waals surface area contributed by atoms with Gasteiger partial charge < -0.3 is 15.0 Å². The normalized spacial score (nSPS) is 16.3. The lowest BCUT2D eigenvalue weighted by Crippen LogP contribution is -2.41. The van der Waals surface area contributed by atoms with Gasteiger partial charge in [0.15, 0.2) is 0 Å². The molecule has 1 aliphatic rings. The number of likely N-dealkylation sites (tertiary alicyclic amines) is 1. The third-order valence-corrected chi connectivity index (χ3v) is 6.27. The third kappa shape index (κ3) is 4.45. The van der Waals surface area contributed by atoms with Gasteiger partial charge in [-0.25, -0.2) is 8.91 Å². The highest BCUT2D eigenvalue weighted by atomic mass is 19.1. The zero-order valence-electron chi connectivity index (χ0n) is 18.9. The Morgan fingerprint density at radius 1 is 1.15 bits per heavy atom. The maximum absolute atomic E-state index is 13.7. The Hall–Kier alpha value is -3.33. The van der Waals surface area contributed by atoms with Gasteiger partial charge in [-0.3, -0.25) is 9.97 Å². The molecule has 1 N–H and O–H groups in total. The molecule has 4 aromatic rings. The van der Waals surface area contributed by atoms with Gasteiger partial charge in [-0.2, -0.15) is 4.98 Å². The predicted molar refractivity (Wildman–Crippen MR) is 126 cm³/mol. The monoisotopic (exact) mass is 449 g/mol. The number of nitrogens with zero attached hydrogens (tertiary/aromatic N) is 6. The number of rotatable bonds is 7. The standard InChI is InChI=1S/C24H28FN7O/c1-3-17(25)15-31-11-6-18(7-12-31)28-24-29-23(33-2)22-19(8-13-32(22)30-24)16-4-5-20-21(14-16)27-10-9-26-20/h4-5,8-10,13-14,17-18H,3,6-7,11-12,15H2,1-2H3,(H,28,30). The fourth-order valence-electron chi connectivity index (χ4n) is 4.41. The molecule has 0 radical (unpaired) electrons. The summed E-state index contributed by atoms with van der Waals surface area (Å²) in [4.78, 5) is 15.6. The van der Waals surface area contributed by atoms with Gasteiger partial charge in [-0.1, -0.05) is 13.0 Å². The molecule has 9 heteroatoms. The second kappa shape index (κ2) is 9.27. The number of methoxy groups -OCH3 is 1. The average Bonchev–Trinajstić information content (AvgIpc) is 3.28. The molecular formula is C24H28FN7O. The van der Waals surface area contributed by atoms with Crippen LogP contribution in [0.2, 0.25) is 0 Å². The number of alkyl halides is 1. The minimum Gasteiger partial charge on any atom is -0.479 e. The molecule has 1 unspecified atom stereocenters. The molecule has 0 aliphatic carbocycles. The maximum atomic E-state index is 13.7. The van der Waals surface area contributed by atoms with Gasteiger partial charge in [0.25, 0.3) is 0 Å². The van der Waals surface area contributed by atoms with Crippen molar-refractivity contribution < 1.29 is 9.13 Å². The van der Waals surface area contributed by atoms with Crippen LogP contribution in [0.15, 0.2) is 42.9 Å². The number of hydrogen-bond donors (Lipinski definition) is 1. The molecule has 0 amide bonds. The van der Waals surface area contributed by atoms with Crippen molar-refractivity contribution in [3.05, 3.63) is 42.9 Å². The van der Waals surface area contributed by atoms with Crippen LogP contribution >= 0.6 is 0 Å². The third-order valence-electron chi connectivity index (χ3n) is 6.27. The Bertz CT molecular complexity index is 1250. The van der Waals surface area contributed by atoms with Crippen LogP contribution in [-0.2, 0) is 0 Å². The van der Waals surface area contributed by atoms with E-state index in [0.29, 0.717) is 24.8 Å². The number of hydrogen-bond acceptors (Lipinski definition) is 7. The van der Waals surface area contributed by atoms with Crippen LogP contribution in [0.5, 0.6) is 5.88 Å². The summed E-state index contributed by atoms with van der Waals surface area (Å²) in [6, 6.07) is 8.25. The summed E-state index contributed by atoms with van der Waals surface area (Å²) in [7, 11) is 1.62. The van der Waals surface area contributed by atoms with E-state index in [9.17, 15) is 4.39 Å². The first-order valence-electron chi connectivity index (χ1n) is 11.4. The number of aromatic nitrogens is 5. The summed E-state index contributed by atoms with van der Waals surface area (Å²) in [5.41, 5.74) is 4.45. The van der Waals surface area contributed by atoms with Gasteiger partial charge in [0.2, 0.25) is 11.8 Å². The number of piperidine rings is 1. The Labute approximate surface area is 191 Å². The van der Waals surface area contributed by atoms with Crippen LogP contribution in [0.3, 0.4) is 0 Å². The van der Waals surface area contributed by atoms with E-state index in [1.165, 1.54) is 0 Å². The molecule has 0 bridgehead atoms. The minimum absolute atomic E-state index is 0.247. The maximum Gasteiger partial charge on any atom is 0.244 e. The molecule has 1 aliphatic heterocycles. The van der Waals surface area contributed by atoms with Gasteiger partial charge in [0, 0.05) is 49.8 Å². The first-order chi connectivity index (χ1) is 16.1. The van der Waals surface area contributed by atoms with Crippen molar-refractivity contribution >= 4 is 22.5 Å². The van der Waals surface area contributed by atoms with Gasteiger partial charge in [-0.05, 0) is 43.0 Å². The fraction of sp³-hybridized carbons (Fsp3) is 0.417. The van der Waals surface area contributed by atoms with E-state index < -0.39 is 6.17 Å². The highest BCUT2D eigenvalue weighted by molar-refractivity contribution is 5.89. The average molecular weight is 450 g/mol. The highest BCUT2D eigenvalue weighted by Crippen LogP contribution is 2.32. The van der Waals surface area contributed by atoms with Crippen molar-refractivity contribution in [3.63, 3.8) is 0 Å². The summed E-state index contributed by atoms with van der Waals surface area (Å²) >= 11 is 0. The van der Waals surface area contributed by atoms with E-state index in [4.69, 9.17) is 4.74 Å². The van der Waals surface area contributed by atoms with Gasteiger partial charge >= 0.3 is 0 Å². The first kappa shape index (κ1) is 21.5. The number of benzene rings is 1. The molecule has 33 heavy (non-hydrogen) atoms. The van der Waals surface area contributed by atoms with Crippen LogP contribution < -0.4 is 10.1 Å². The first-order valence-corrected chi connectivity index (χ1v) is 11.4. The smallest absolute Gasteiger partial charge is 0.244 e. The van der Waals surface area contributed by atoms with Crippen LogP contribution in [0.25, 0.3) is 27.7 Å². The molecule has 1 fully saturated rings. The van der Waals surface area contributed by atoms with Crippen molar-refractivity contribution in [1.82, 2.24) is 29.5 Å². The Morgan fingerprint density at radius 2 is 1.94 bits per heavy atom. The van der Waals surface area contributed by atoms with Crippen LogP contribution in [0.1, 0.15) is 26.2 Å². The molecule has 8 nitrogen and oxygen atoms in total. The van der Waals surface area contributed by atoms with Gasteiger partial charge in [0.1, 0.15) is 11.7 Å².